The molecule has 1 saturated heterocycles. The third-order valence-corrected chi connectivity index (χ3v) is 6.38. The summed E-state index contributed by atoms with van der Waals surface area (Å²) >= 11 is 1.34. The van der Waals surface area contributed by atoms with E-state index in [4.69, 9.17) is 14.0 Å². The summed E-state index contributed by atoms with van der Waals surface area (Å²) in [7, 11) is 1.74. The smallest absolute Gasteiger partial charge is 0.263 e. The standard InChI is InChI=1S/C25H23N5O5S/c1-14-13-36-25(26-14)28-22(31)17-10-19(12-20(11-17)34-21-8-9-30(3)24(21)32)33-18-6-4-16(5-7-18)23-27-15(2)29-35-23/h4-7,10-13,21H,8-9H2,1-3H3,(H,26,28,31). The molecule has 3 heterocycles. The Kier molecular flexibility index (Phi) is 6.38. The Labute approximate surface area is 210 Å². The van der Waals surface area contributed by atoms with Crippen LogP contribution >= 0.6 is 11.3 Å². The van der Waals surface area contributed by atoms with E-state index in [0.717, 1.165) is 11.3 Å². The molecule has 2 aromatic heterocycles. The fourth-order valence-corrected chi connectivity index (χ4v) is 4.37. The highest BCUT2D eigenvalue weighted by atomic mass is 32.1. The van der Waals surface area contributed by atoms with Crippen molar-refractivity contribution in [1.82, 2.24) is 20.0 Å². The SMILES string of the molecule is Cc1csc(NC(=O)c2cc(Oc3ccc(-c4nc(C)no4)cc3)cc(OC3CCN(C)C3=O)c2)n1. The van der Waals surface area contributed by atoms with Crippen molar-refractivity contribution in [1.29, 1.82) is 0 Å². The van der Waals surface area contributed by atoms with Crippen molar-refractivity contribution < 1.29 is 23.6 Å². The molecule has 10 nitrogen and oxygen atoms in total. The van der Waals surface area contributed by atoms with Gasteiger partial charge in [-0.15, -0.1) is 11.3 Å². The number of carbonyl (C=O) groups excluding carboxylic acids is 2. The number of hydrogen-bond acceptors (Lipinski definition) is 9. The molecular weight excluding hydrogens is 482 g/mol. The minimum Gasteiger partial charge on any atom is -0.480 e. The molecular formula is C25H23N5O5S. The molecule has 0 spiro atoms. The second kappa shape index (κ2) is 9.78. The van der Waals surface area contributed by atoms with E-state index in [1.165, 1.54) is 11.3 Å². The minimum absolute atomic E-state index is 0.0996. The molecule has 2 aromatic carbocycles. The van der Waals surface area contributed by atoms with Crippen LogP contribution in [0, 0.1) is 13.8 Å². The van der Waals surface area contributed by atoms with E-state index in [1.54, 1.807) is 61.3 Å². The maximum absolute atomic E-state index is 13.0. The third kappa shape index (κ3) is 5.20. The molecule has 36 heavy (non-hydrogen) atoms. The largest absolute Gasteiger partial charge is 0.480 e. The molecule has 11 heteroatoms. The highest BCUT2D eigenvalue weighted by Gasteiger charge is 2.31. The Morgan fingerprint density at radius 1 is 1.11 bits per heavy atom. The minimum atomic E-state index is -0.611. The molecule has 0 radical (unpaired) electrons. The van der Waals surface area contributed by atoms with Crippen LogP contribution in [-0.4, -0.2) is 51.5 Å². The van der Waals surface area contributed by atoms with E-state index in [2.05, 4.69) is 20.4 Å². The summed E-state index contributed by atoms with van der Waals surface area (Å²) in [5.74, 6) is 1.78. The zero-order chi connectivity index (χ0) is 25.2. The van der Waals surface area contributed by atoms with E-state index in [1.807, 2.05) is 12.3 Å². The summed E-state index contributed by atoms with van der Waals surface area (Å²) < 4.78 is 17.2. The fraction of sp³-hybridized carbons (Fsp3) is 0.240. The van der Waals surface area contributed by atoms with Gasteiger partial charge in [0, 0.05) is 42.6 Å². The van der Waals surface area contributed by atoms with Gasteiger partial charge in [0.2, 0.25) is 0 Å². The van der Waals surface area contributed by atoms with Crippen LogP contribution in [0.4, 0.5) is 5.13 Å². The van der Waals surface area contributed by atoms with Gasteiger partial charge in [-0.2, -0.15) is 4.98 Å². The van der Waals surface area contributed by atoms with E-state index in [9.17, 15) is 9.59 Å². The highest BCUT2D eigenvalue weighted by Crippen LogP contribution is 2.31. The lowest BCUT2D eigenvalue weighted by Crippen LogP contribution is -2.29. The number of likely N-dealkylation sites (tertiary alicyclic amines) is 1. The normalized spacial score (nSPS) is 15.2. The number of nitrogens with one attached hydrogen (secondary N) is 1. The van der Waals surface area contributed by atoms with Gasteiger partial charge in [-0.1, -0.05) is 5.16 Å². The Morgan fingerprint density at radius 2 is 1.89 bits per heavy atom. The molecule has 0 aliphatic carbocycles. The Balaban J connectivity index is 1.40. The lowest BCUT2D eigenvalue weighted by atomic mass is 10.1. The number of carbonyl (C=O) groups is 2. The molecule has 1 aliphatic rings. The van der Waals surface area contributed by atoms with Gasteiger partial charge in [-0.25, -0.2) is 4.98 Å². The van der Waals surface area contributed by atoms with Gasteiger partial charge >= 0.3 is 0 Å². The van der Waals surface area contributed by atoms with E-state index in [-0.39, 0.29) is 11.8 Å². The van der Waals surface area contributed by atoms with Crippen LogP contribution in [0.15, 0.2) is 52.4 Å². The summed E-state index contributed by atoms with van der Waals surface area (Å²) in [6, 6.07) is 12.0. The van der Waals surface area contributed by atoms with Crippen LogP contribution in [0.3, 0.4) is 0 Å². The highest BCUT2D eigenvalue weighted by molar-refractivity contribution is 7.13. The molecule has 1 N–H and O–H groups in total. The topological polar surface area (TPSA) is 120 Å². The first-order chi connectivity index (χ1) is 17.3. The number of nitrogens with zero attached hydrogens (tertiary/aromatic N) is 4. The van der Waals surface area contributed by atoms with Gasteiger partial charge in [0.15, 0.2) is 17.1 Å². The van der Waals surface area contributed by atoms with Crippen LogP contribution in [0.1, 0.15) is 28.3 Å². The predicted octanol–water partition coefficient (Wildman–Crippen LogP) is 4.46. The number of amides is 2. The maximum Gasteiger partial charge on any atom is 0.263 e. The zero-order valence-corrected chi connectivity index (χ0v) is 20.7. The number of likely N-dealkylation sites (N-methyl/N-ethyl adjacent to an activating group) is 1. The van der Waals surface area contributed by atoms with E-state index in [0.29, 0.717) is 52.6 Å². The second-order valence-electron chi connectivity index (χ2n) is 8.37. The third-order valence-electron chi connectivity index (χ3n) is 5.50. The van der Waals surface area contributed by atoms with Crippen LogP contribution in [0.2, 0.25) is 0 Å². The summed E-state index contributed by atoms with van der Waals surface area (Å²) in [5, 5.41) is 8.94. The number of rotatable bonds is 7. The molecule has 184 valence electrons. The number of ether oxygens (including phenoxy) is 2. The molecule has 5 rings (SSSR count). The molecule has 2 amide bonds. The van der Waals surface area contributed by atoms with E-state index < -0.39 is 6.10 Å². The number of hydrogen-bond donors (Lipinski definition) is 1. The summed E-state index contributed by atoms with van der Waals surface area (Å²) in [6.07, 6.45) is -0.0448. The van der Waals surface area contributed by atoms with Gasteiger partial charge in [0.25, 0.3) is 17.7 Å². The average Bonchev–Trinajstić information content (AvgIpc) is 3.56. The number of anilines is 1. The molecule has 1 aliphatic heterocycles. The van der Waals surface area contributed by atoms with Gasteiger partial charge in [-0.3, -0.25) is 14.9 Å². The van der Waals surface area contributed by atoms with Crippen LogP contribution in [0.25, 0.3) is 11.5 Å². The molecule has 1 fully saturated rings. The van der Waals surface area contributed by atoms with E-state index >= 15 is 0 Å². The molecule has 1 atom stereocenters. The second-order valence-corrected chi connectivity index (χ2v) is 9.23. The molecule has 1 unspecified atom stereocenters. The summed E-state index contributed by atoms with van der Waals surface area (Å²) in [6.45, 7) is 4.22. The quantitative estimate of drug-likeness (QED) is 0.391. The zero-order valence-electron chi connectivity index (χ0n) is 19.8. The Hall–Kier alpha value is -4.25. The van der Waals surface area contributed by atoms with Crippen molar-refractivity contribution in [3.63, 3.8) is 0 Å². The van der Waals surface area contributed by atoms with Crippen molar-refractivity contribution in [2.24, 2.45) is 0 Å². The number of aromatic nitrogens is 3. The first-order valence-electron chi connectivity index (χ1n) is 11.2. The lowest BCUT2D eigenvalue weighted by molar-refractivity contribution is -0.132. The average molecular weight is 506 g/mol. The fourth-order valence-electron chi connectivity index (χ4n) is 3.69. The first kappa shape index (κ1) is 23.5. The van der Waals surface area contributed by atoms with Gasteiger partial charge in [0.05, 0.1) is 5.69 Å². The predicted molar refractivity (Wildman–Crippen MR) is 132 cm³/mol. The summed E-state index contributed by atoms with van der Waals surface area (Å²) in [4.78, 5) is 35.5. The number of thiazole rings is 1. The van der Waals surface area contributed by atoms with Crippen molar-refractivity contribution in [2.45, 2.75) is 26.4 Å². The monoisotopic (exact) mass is 505 g/mol. The van der Waals surface area contributed by atoms with Crippen LogP contribution in [0.5, 0.6) is 17.2 Å². The molecule has 0 bridgehead atoms. The van der Waals surface area contributed by atoms with Crippen molar-refractivity contribution in [3.05, 3.63) is 64.9 Å². The summed E-state index contributed by atoms with van der Waals surface area (Å²) in [5.41, 5.74) is 1.88. The van der Waals surface area contributed by atoms with Gasteiger partial charge in [-0.05, 0) is 50.2 Å². The number of aryl methyl sites for hydroxylation is 2. The van der Waals surface area contributed by atoms with Crippen molar-refractivity contribution >= 4 is 28.3 Å². The van der Waals surface area contributed by atoms with Crippen LogP contribution in [-0.2, 0) is 4.79 Å². The lowest BCUT2D eigenvalue weighted by Gasteiger charge is -2.15. The van der Waals surface area contributed by atoms with Crippen LogP contribution < -0.4 is 14.8 Å². The molecule has 0 saturated carbocycles. The number of benzene rings is 2. The van der Waals surface area contributed by atoms with Gasteiger partial charge < -0.3 is 18.9 Å². The van der Waals surface area contributed by atoms with Gasteiger partial charge in [0.1, 0.15) is 17.2 Å². The van der Waals surface area contributed by atoms with Crippen molar-refractivity contribution in [2.75, 3.05) is 18.9 Å². The molecule has 4 aromatic rings. The maximum atomic E-state index is 13.0. The Bertz CT molecular complexity index is 1410. The Morgan fingerprint density at radius 3 is 2.53 bits per heavy atom. The van der Waals surface area contributed by atoms with Crippen molar-refractivity contribution in [3.8, 4) is 28.7 Å². The first-order valence-corrected chi connectivity index (χ1v) is 12.1.